The molecule has 2 amide bonds. The van der Waals surface area contributed by atoms with E-state index in [1.165, 1.54) is 29.5 Å². The SMILES string of the molecule is Cc1c(C(=O)Nc2sc3c(c2C(=O)NCc2cccnc2)CCC3)oc2ccc(F)cc12. The zero-order valence-corrected chi connectivity index (χ0v) is 18.1. The van der Waals surface area contributed by atoms with Crippen molar-refractivity contribution in [1.82, 2.24) is 10.3 Å². The first-order valence-electron chi connectivity index (χ1n) is 10.3. The van der Waals surface area contributed by atoms with E-state index in [2.05, 4.69) is 15.6 Å². The Kier molecular flexibility index (Phi) is 5.22. The molecule has 0 radical (unpaired) electrons. The number of fused-ring (bicyclic) bond motifs is 2. The van der Waals surface area contributed by atoms with Gasteiger partial charge >= 0.3 is 0 Å². The number of furan rings is 1. The van der Waals surface area contributed by atoms with Crippen molar-refractivity contribution in [3.05, 3.63) is 81.4 Å². The van der Waals surface area contributed by atoms with E-state index in [0.29, 0.717) is 33.6 Å². The van der Waals surface area contributed by atoms with Crippen LogP contribution >= 0.6 is 11.3 Å². The lowest BCUT2D eigenvalue weighted by molar-refractivity contribution is 0.0951. The fourth-order valence-corrected chi connectivity index (χ4v) is 5.36. The van der Waals surface area contributed by atoms with Gasteiger partial charge in [0.1, 0.15) is 16.4 Å². The van der Waals surface area contributed by atoms with Gasteiger partial charge in [-0.25, -0.2) is 4.39 Å². The van der Waals surface area contributed by atoms with Crippen LogP contribution in [-0.4, -0.2) is 16.8 Å². The van der Waals surface area contributed by atoms with Crippen LogP contribution in [0.3, 0.4) is 0 Å². The van der Waals surface area contributed by atoms with E-state index in [1.54, 1.807) is 19.3 Å². The van der Waals surface area contributed by atoms with Gasteiger partial charge in [0, 0.05) is 34.8 Å². The number of hydrogen-bond donors (Lipinski definition) is 2. The molecule has 8 heteroatoms. The van der Waals surface area contributed by atoms with Gasteiger partial charge in [-0.05, 0) is 61.6 Å². The summed E-state index contributed by atoms with van der Waals surface area (Å²) in [5.41, 5.74) is 3.40. The number of rotatable bonds is 5. The summed E-state index contributed by atoms with van der Waals surface area (Å²) >= 11 is 1.43. The van der Waals surface area contributed by atoms with Crippen LogP contribution in [0.15, 0.2) is 47.1 Å². The highest BCUT2D eigenvalue weighted by molar-refractivity contribution is 7.17. The van der Waals surface area contributed by atoms with E-state index in [-0.39, 0.29) is 11.7 Å². The summed E-state index contributed by atoms with van der Waals surface area (Å²) in [6.07, 6.45) is 6.07. The van der Waals surface area contributed by atoms with E-state index >= 15 is 0 Å². The van der Waals surface area contributed by atoms with E-state index < -0.39 is 11.7 Å². The largest absolute Gasteiger partial charge is 0.451 e. The number of aryl methyl sites for hydroxylation is 2. The first-order chi connectivity index (χ1) is 15.5. The Morgan fingerprint density at radius 3 is 2.91 bits per heavy atom. The van der Waals surface area contributed by atoms with E-state index in [0.717, 1.165) is 35.3 Å². The summed E-state index contributed by atoms with van der Waals surface area (Å²) in [7, 11) is 0. The molecular formula is C24H20FN3O3S. The van der Waals surface area contributed by atoms with Crippen molar-refractivity contribution in [3.8, 4) is 0 Å². The lowest BCUT2D eigenvalue weighted by Gasteiger charge is -2.09. The Hall–Kier alpha value is -3.52. The molecule has 0 spiro atoms. The maximum atomic E-state index is 13.6. The number of nitrogens with one attached hydrogen (secondary N) is 2. The quantitative estimate of drug-likeness (QED) is 0.449. The van der Waals surface area contributed by atoms with Gasteiger partial charge < -0.3 is 15.1 Å². The van der Waals surface area contributed by atoms with Gasteiger partial charge in [0.05, 0.1) is 5.56 Å². The predicted molar refractivity (Wildman–Crippen MR) is 121 cm³/mol. The van der Waals surface area contributed by atoms with E-state index in [4.69, 9.17) is 4.42 Å². The van der Waals surface area contributed by atoms with Gasteiger partial charge in [0.25, 0.3) is 11.8 Å². The Morgan fingerprint density at radius 1 is 1.22 bits per heavy atom. The van der Waals surface area contributed by atoms with Gasteiger partial charge in [-0.3, -0.25) is 14.6 Å². The normalized spacial score (nSPS) is 12.7. The number of aromatic nitrogens is 1. The molecule has 3 aromatic heterocycles. The number of amides is 2. The number of nitrogens with zero attached hydrogens (tertiary/aromatic N) is 1. The first kappa shape index (κ1) is 20.4. The van der Waals surface area contributed by atoms with Crippen molar-refractivity contribution in [1.29, 1.82) is 0 Å². The van der Waals surface area contributed by atoms with Crippen LogP contribution < -0.4 is 10.6 Å². The van der Waals surface area contributed by atoms with Crippen LogP contribution in [0, 0.1) is 12.7 Å². The number of pyridine rings is 1. The molecule has 5 rings (SSSR count). The van der Waals surface area contributed by atoms with Crippen LogP contribution in [0.1, 0.15) is 48.9 Å². The molecule has 0 unspecified atom stereocenters. The third-order valence-corrected chi connectivity index (χ3v) is 6.86. The Morgan fingerprint density at radius 2 is 2.09 bits per heavy atom. The molecule has 0 saturated carbocycles. The number of carbonyl (C=O) groups is 2. The summed E-state index contributed by atoms with van der Waals surface area (Å²) < 4.78 is 19.3. The zero-order chi connectivity index (χ0) is 22.2. The number of thiophene rings is 1. The maximum absolute atomic E-state index is 13.6. The smallest absolute Gasteiger partial charge is 0.292 e. The summed E-state index contributed by atoms with van der Waals surface area (Å²) in [6, 6.07) is 7.85. The second kappa shape index (κ2) is 8.20. The van der Waals surface area contributed by atoms with Crippen molar-refractivity contribution in [2.24, 2.45) is 0 Å². The number of hydrogen-bond acceptors (Lipinski definition) is 5. The summed E-state index contributed by atoms with van der Waals surface area (Å²) in [4.78, 5) is 31.3. The third kappa shape index (κ3) is 3.67. The molecule has 0 bridgehead atoms. The lowest BCUT2D eigenvalue weighted by atomic mass is 10.1. The number of carbonyl (C=O) groups excluding carboxylic acids is 2. The predicted octanol–water partition coefficient (Wildman–Crippen LogP) is 5.01. The zero-order valence-electron chi connectivity index (χ0n) is 17.3. The third-order valence-electron chi connectivity index (χ3n) is 5.66. The minimum atomic E-state index is -0.458. The summed E-state index contributed by atoms with van der Waals surface area (Å²) in [5.74, 6) is -0.969. The topological polar surface area (TPSA) is 84.2 Å². The Labute approximate surface area is 187 Å². The Bertz CT molecular complexity index is 1340. The molecule has 1 aliphatic rings. The van der Waals surface area contributed by atoms with Gasteiger partial charge in [-0.1, -0.05) is 6.07 Å². The van der Waals surface area contributed by atoms with Crippen LogP contribution in [0.25, 0.3) is 11.0 Å². The lowest BCUT2D eigenvalue weighted by Crippen LogP contribution is -2.25. The highest BCUT2D eigenvalue weighted by atomic mass is 32.1. The van der Waals surface area contributed by atoms with Crippen molar-refractivity contribution < 1.29 is 18.4 Å². The minimum absolute atomic E-state index is 0.112. The van der Waals surface area contributed by atoms with Crippen molar-refractivity contribution >= 4 is 39.1 Å². The van der Waals surface area contributed by atoms with Crippen LogP contribution in [0.4, 0.5) is 9.39 Å². The van der Waals surface area contributed by atoms with Gasteiger partial charge in [0.2, 0.25) is 0 Å². The molecular weight excluding hydrogens is 429 g/mol. The highest BCUT2D eigenvalue weighted by Crippen LogP contribution is 2.39. The second-order valence-electron chi connectivity index (χ2n) is 7.76. The fraction of sp³-hybridized carbons (Fsp3) is 0.208. The molecule has 0 aliphatic heterocycles. The molecule has 4 aromatic rings. The highest BCUT2D eigenvalue weighted by Gasteiger charge is 2.28. The van der Waals surface area contributed by atoms with Crippen molar-refractivity contribution in [2.75, 3.05) is 5.32 Å². The number of halogens is 1. The average molecular weight is 450 g/mol. The average Bonchev–Trinajstić information content (AvgIpc) is 3.46. The molecule has 32 heavy (non-hydrogen) atoms. The molecule has 0 atom stereocenters. The van der Waals surface area contributed by atoms with Gasteiger partial charge in [0.15, 0.2) is 5.76 Å². The molecule has 0 fully saturated rings. The van der Waals surface area contributed by atoms with Crippen molar-refractivity contribution in [3.63, 3.8) is 0 Å². The van der Waals surface area contributed by atoms with Crippen molar-refractivity contribution in [2.45, 2.75) is 32.7 Å². The van der Waals surface area contributed by atoms with E-state index in [9.17, 15) is 14.0 Å². The molecule has 6 nitrogen and oxygen atoms in total. The molecule has 1 aromatic carbocycles. The molecule has 0 saturated heterocycles. The number of benzene rings is 1. The van der Waals surface area contributed by atoms with Gasteiger partial charge in [-0.2, -0.15) is 0 Å². The van der Waals surface area contributed by atoms with Crippen LogP contribution in [0.5, 0.6) is 0 Å². The molecule has 2 N–H and O–H groups in total. The maximum Gasteiger partial charge on any atom is 0.292 e. The monoisotopic (exact) mass is 449 g/mol. The summed E-state index contributed by atoms with van der Waals surface area (Å²) in [6.45, 7) is 2.06. The van der Waals surface area contributed by atoms with Gasteiger partial charge in [-0.15, -0.1) is 11.3 Å². The standard InChI is InChI=1S/C24H20FN3O3S/c1-13-17-10-15(25)7-8-18(17)31-21(13)23(30)28-24-20(16-5-2-6-19(16)32-24)22(29)27-12-14-4-3-9-26-11-14/h3-4,7-11H,2,5-6,12H2,1H3,(H,27,29)(H,28,30). The van der Waals surface area contributed by atoms with Crippen LogP contribution in [0.2, 0.25) is 0 Å². The Balaban J connectivity index is 1.42. The van der Waals surface area contributed by atoms with Crippen LogP contribution in [-0.2, 0) is 19.4 Å². The molecule has 162 valence electrons. The number of anilines is 1. The molecule has 1 aliphatic carbocycles. The fourth-order valence-electron chi connectivity index (χ4n) is 4.08. The molecule has 3 heterocycles. The van der Waals surface area contributed by atoms with E-state index in [1.807, 2.05) is 12.1 Å². The first-order valence-corrected chi connectivity index (χ1v) is 11.1. The second-order valence-corrected chi connectivity index (χ2v) is 8.86. The summed E-state index contributed by atoms with van der Waals surface area (Å²) in [5, 5.41) is 6.87. The minimum Gasteiger partial charge on any atom is -0.451 e.